The number of carbonyl (C=O) groups excluding carboxylic acids is 1. The van der Waals surface area contributed by atoms with Crippen LogP contribution in [0.25, 0.3) is 10.9 Å². The standard InChI is InChI=1S/C22H24ClFN6O3/c1-3-30-21(32)18-14(23)10-13(11-16(18)27-22(30)33)12-28-6-8-29(9-7-28)17-5-4-15(20(31)25-2)26-19(17)24/h4-5,10-11H,3,6-9,12H2,1-2H3,(H,25,31)(H,27,33). The Hall–Kier alpha value is -3.24. The number of nitrogens with one attached hydrogen (secondary N) is 2. The lowest BCUT2D eigenvalue weighted by molar-refractivity contribution is 0.0957. The summed E-state index contributed by atoms with van der Waals surface area (Å²) in [5.74, 6) is -1.11. The maximum atomic E-state index is 14.5. The van der Waals surface area contributed by atoms with E-state index in [1.54, 1.807) is 25.1 Å². The number of aromatic nitrogens is 3. The van der Waals surface area contributed by atoms with Gasteiger partial charge in [0.2, 0.25) is 5.95 Å². The SMILES string of the molecule is CCn1c(=O)[nH]c2cc(CN3CCN(c4ccc(C(=O)NC)nc4F)CC3)cc(Cl)c2c1=O. The Morgan fingerprint density at radius 3 is 2.58 bits per heavy atom. The number of anilines is 1. The summed E-state index contributed by atoms with van der Waals surface area (Å²) in [5, 5.41) is 3.03. The molecule has 0 saturated carbocycles. The van der Waals surface area contributed by atoms with E-state index in [0.29, 0.717) is 54.3 Å². The molecule has 0 unspecified atom stereocenters. The van der Waals surface area contributed by atoms with Crippen molar-refractivity contribution in [3.05, 3.63) is 67.3 Å². The molecule has 4 rings (SSSR count). The van der Waals surface area contributed by atoms with Crippen molar-refractivity contribution in [2.75, 3.05) is 38.1 Å². The first kappa shape index (κ1) is 22.9. The molecule has 1 aliphatic rings. The lowest BCUT2D eigenvalue weighted by Crippen LogP contribution is -2.46. The number of piperazine rings is 1. The molecule has 0 radical (unpaired) electrons. The molecule has 0 atom stereocenters. The van der Waals surface area contributed by atoms with Gasteiger partial charge in [0.15, 0.2) is 0 Å². The molecule has 0 bridgehead atoms. The summed E-state index contributed by atoms with van der Waals surface area (Å²) < 4.78 is 15.6. The first-order valence-electron chi connectivity index (χ1n) is 10.6. The minimum Gasteiger partial charge on any atom is -0.365 e. The van der Waals surface area contributed by atoms with Crippen LogP contribution in [0.15, 0.2) is 33.9 Å². The van der Waals surface area contributed by atoms with Gasteiger partial charge < -0.3 is 15.2 Å². The summed E-state index contributed by atoms with van der Waals surface area (Å²) in [5.41, 5.74) is 0.817. The Balaban J connectivity index is 1.48. The van der Waals surface area contributed by atoms with E-state index in [9.17, 15) is 18.8 Å². The van der Waals surface area contributed by atoms with E-state index in [2.05, 4.69) is 20.2 Å². The monoisotopic (exact) mass is 474 g/mol. The average molecular weight is 475 g/mol. The molecule has 1 fully saturated rings. The number of nitrogens with zero attached hydrogens (tertiary/aromatic N) is 4. The van der Waals surface area contributed by atoms with Gasteiger partial charge in [0.05, 0.1) is 21.6 Å². The zero-order chi connectivity index (χ0) is 23.7. The third kappa shape index (κ3) is 4.49. The Kier molecular flexibility index (Phi) is 6.48. The fourth-order valence-corrected chi connectivity index (χ4v) is 4.41. The number of benzene rings is 1. The highest BCUT2D eigenvalue weighted by molar-refractivity contribution is 6.35. The van der Waals surface area contributed by atoms with Crippen LogP contribution < -0.4 is 21.5 Å². The smallest absolute Gasteiger partial charge is 0.328 e. The van der Waals surface area contributed by atoms with Crippen LogP contribution in [0.3, 0.4) is 0 Å². The zero-order valence-corrected chi connectivity index (χ0v) is 19.1. The van der Waals surface area contributed by atoms with Crippen LogP contribution in [0.2, 0.25) is 5.02 Å². The van der Waals surface area contributed by atoms with Gasteiger partial charge >= 0.3 is 5.69 Å². The minimum absolute atomic E-state index is 0.0364. The Bertz CT molecular complexity index is 1330. The molecule has 1 saturated heterocycles. The number of hydrogen-bond acceptors (Lipinski definition) is 6. The van der Waals surface area contributed by atoms with Crippen LogP contribution in [-0.4, -0.2) is 58.6 Å². The Morgan fingerprint density at radius 1 is 1.21 bits per heavy atom. The van der Waals surface area contributed by atoms with E-state index in [1.165, 1.54) is 13.1 Å². The molecular formula is C22H24ClFN6O3. The summed E-state index contributed by atoms with van der Waals surface area (Å²) in [7, 11) is 1.47. The highest BCUT2D eigenvalue weighted by Crippen LogP contribution is 2.24. The van der Waals surface area contributed by atoms with E-state index in [4.69, 9.17) is 11.6 Å². The molecule has 2 aromatic heterocycles. The second kappa shape index (κ2) is 9.32. The summed E-state index contributed by atoms with van der Waals surface area (Å²) in [6.45, 7) is 5.05. The van der Waals surface area contributed by atoms with Crippen molar-refractivity contribution in [3.8, 4) is 0 Å². The normalized spacial score (nSPS) is 14.6. The first-order valence-corrected chi connectivity index (χ1v) is 11.0. The van der Waals surface area contributed by atoms with Crippen molar-refractivity contribution in [2.45, 2.75) is 20.0 Å². The number of aromatic amines is 1. The second-order valence-corrected chi connectivity index (χ2v) is 8.24. The number of carbonyl (C=O) groups is 1. The van der Waals surface area contributed by atoms with Gasteiger partial charge in [-0.3, -0.25) is 19.1 Å². The third-order valence-electron chi connectivity index (χ3n) is 5.82. The number of hydrogen-bond donors (Lipinski definition) is 2. The lowest BCUT2D eigenvalue weighted by Gasteiger charge is -2.36. The molecule has 174 valence electrons. The van der Waals surface area contributed by atoms with Gasteiger partial charge in [0.25, 0.3) is 11.5 Å². The molecule has 1 aromatic carbocycles. The second-order valence-electron chi connectivity index (χ2n) is 7.83. The van der Waals surface area contributed by atoms with Crippen LogP contribution in [0.4, 0.5) is 10.1 Å². The van der Waals surface area contributed by atoms with Crippen molar-refractivity contribution < 1.29 is 9.18 Å². The maximum absolute atomic E-state index is 14.5. The number of halogens is 2. The predicted molar refractivity (Wildman–Crippen MR) is 125 cm³/mol. The highest BCUT2D eigenvalue weighted by Gasteiger charge is 2.22. The lowest BCUT2D eigenvalue weighted by atomic mass is 10.1. The number of rotatable bonds is 5. The van der Waals surface area contributed by atoms with Crippen molar-refractivity contribution in [2.24, 2.45) is 0 Å². The van der Waals surface area contributed by atoms with Crippen molar-refractivity contribution in [3.63, 3.8) is 0 Å². The molecule has 11 heteroatoms. The summed E-state index contributed by atoms with van der Waals surface area (Å²) >= 11 is 6.39. The van der Waals surface area contributed by atoms with Crippen LogP contribution in [0.5, 0.6) is 0 Å². The number of H-pyrrole nitrogens is 1. The van der Waals surface area contributed by atoms with Crippen LogP contribution in [-0.2, 0) is 13.1 Å². The molecule has 0 aliphatic carbocycles. The molecule has 1 amide bonds. The quantitative estimate of drug-likeness (QED) is 0.544. The van der Waals surface area contributed by atoms with Crippen LogP contribution >= 0.6 is 11.6 Å². The van der Waals surface area contributed by atoms with Crippen molar-refractivity contribution in [1.82, 2.24) is 24.8 Å². The first-order chi connectivity index (χ1) is 15.8. The van der Waals surface area contributed by atoms with Gasteiger partial charge in [-0.2, -0.15) is 4.39 Å². The number of amides is 1. The zero-order valence-electron chi connectivity index (χ0n) is 18.3. The molecule has 1 aliphatic heterocycles. The van der Waals surface area contributed by atoms with Crippen molar-refractivity contribution in [1.29, 1.82) is 0 Å². The molecule has 3 aromatic rings. The van der Waals surface area contributed by atoms with E-state index in [0.717, 1.165) is 10.1 Å². The molecule has 9 nitrogen and oxygen atoms in total. The van der Waals surface area contributed by atoms with E-state index < -0.39 is 23.1 Å². The summed E-state index contributed by atoms with van der Waals surface area (Å²) in [4.78, 5) is 46.9. The molecular weight excluding hydrogens is 451 g/mol. The van der Waals surface area contributed by atoms with E-state index in [-0.39, 0.29) is 12.2 Å². The number of fused-ring (bicyclic) bond motifs is 1. The van der Waals surface area contributed by atoms with Gasteiger partial charge in [-0.15, -0.1) is 0 Å². The van der Waals surface area contributed by atoms with Crippen LogP contribution in [0, 0.1) is 5.95 Å². The van der Waals surface area contributed by atoms with Gasteiger partial charge in [-0.25, -0.2) is 9.78 Å². The summed E-state index contributed by atoms with van der Waals surface area (Å²) in [6, 6.07) is 6.60. The van der Waals surface area contributed by atoms with E-state index in [1.807, 2.05) is 4.90 Å². The number of pyridine rings is 1. The van der Waals surface area contributed by atoms with Gasteiger partial charge in [-0.1, -0.05) is 11.6 Å². The fourth-order valence-electron chi connectivity index (χ4n) is 4.09. The van der Waals surface area contributed by atoms with Crippen molar-refractivity contribution >= 4 is 34.1 Å². The fraction of sp³-hybridized carbons (Fsp3) is 0.364. The molecule has 2 N–H and O–H groups in total. The van der Waals surface area contributed by atoms with Gasteiger partial charge in [-0.05, 0) is 36.8 Å². The summed E-state index contributed by atoms with van der Waals surface area (Å²) in [6.07, 6.45) is 0. The molecule has 3 heterocycles. The predicted octanol–water partition coefficient (Wildman–Crippen LogP) is 1.58. The average Bonchev–Trinajstić information content (AvgIpc) is 2.79. The largest absolute Gasteiger partial charge is 0.365 e. The topological polar surface area (TPSA) is 103 Å². The van der Waals surface area contributed by atoms with Gasteiger partial charge in [0, 0.05) is 46.3 Å². The Morgan fingerprint density at radius 2 is 1.94 bits per heavy atom. The highest BCUT2D eigenvalue weighted by atomic mass is 35.5. The molecule has 33 heavy (non-hydrogen) atoms. The van der Waals surface area contributed by atoms with Crippen LogP contribution in [0.1, 0.15) is 23.0 Å². The molecule has 0 spiro atoms. The minimum atomic E-state index is -0.674. The maximum Gasteiger partial charge on any atom is 0.328 e. The Labute approximate surface area is 193 Å². The van der Waals surface area contributed by atoms with Gasteiger partial charge in [0.1, 0.15) is 5.69 Å². The third-order valence-corrected chi connectivity index (χ3v) is 6.12. The van der Waals surface area contributed by atoms with E-state index >= 15 is 0 Å².